The maximum Gasteiger partial charge on any atom is 0.326 e. The molecule has 0 saturated heterocycles. The van der Waals surface area contributed by atoms with Gasteiger partial charge in [-0.05, 0) is 12.8 Å². The zero-order valence-electron chi connectivity index (χ0n) is 12.0. The van der Waals surface area contributed by atoms with E-state index in [4.69, 9.17) is 5.11 Å². The van der Waals surface area contributed by atoms with Crippen LogP contribution in [0.3, 0.4) is 0 Å². The number of aliphatic carboxylic acids is 1. The van der Waals surface area contributed by atoms with Crippen LogP contribution in [-0.2, 0) is 42.3 Å². The summed E-state index contributed by atoms with van der Waals surface area (Å²) in [6, 6.07) is -0.755. The van der Waals surface area contributed by atoms with Crippen molar-refractivity contribution in [2.24, 2.45) is 0 Å². The van der Waals surface area contributed by atoms with Crippen molar-refractivity contribution in [1.82, 2.24) is 5.32 Å². The van der Waals surface area contributed by atoms with Gasteiger partial charge in [-0.2, -0.15) is 6.42 Å². The van der Waals surface area contributed by atoms with E-state index in [2.05, 4.69) is 19.2 Å². The summed E-state index contributed by atoms with van der Waals surface area (Å²) in [7, 11) is 0. The van der Waals surface area contributed by atoms with Gasteiger partial charge < -0.3 is 17.3 Å². The van der Waals surface area contributed by atoms with E-state index >= 15 is 0 Å². The second-order valence-corrected chi connectivity index (χ2v) is 4.62. The van der Waals surface area contributed by atoms with Crippen molar-refractivity contribution >= 4 is 11.9 Å². The Hall–Kier alpha value is 0.0439. The second kappa shape index (κ2) is 14.5. The molecule has 1 atom stereocenters. The number of hydrogen-bond acceptors (Lipinski definition) is 2. The molecule has 0 saturated carbocycles. The number of unbranched alkanes of at least 4 members (excludes halogenated alkanes) is 5. The number of carbonyl (C=O) groups excluding carboxylic acids is 1. The topological polar surface area (TPSA) is 66.4 Å². The molecule has 0 aromatic carbocycles. The first-order valence-electron chi connectivity index (χ1n) is 6.93. The van der Waals surface area contributed by atoms with E-state index < -0.39 is 12.0 Å². The van der Waals surface area contributed by atoms with Crippen LogP contribution in [0.5, 0.6) is 0 Å². The predicted molar refractivity (Wildman–Crippen MR) is 72.2 cm³/mol. The first-order valence-corrected chi connectivity index (χ1v) is 6.93. The number of amides is 1. The summed E-state index contributed by atoms with van der Waals surface area (Å²) < 4.78 is 0. The molecule has 0 aliphatic heterocycles. The summed E-state index contributed by atoms with van der Waals surface area (Å²) in [5.41, 5.74) is 0. The van der Waals surface area contributed by atoms with E-state index in [-0.39, 0.29) is 38.6 Å². The monoisotopic (exact) mass is 345 g/mol. The summed E-state index contributed by atoms with van der Waals surface area (Å²) in [5, 5.41) is 11.5. The molecular formula is C14H26NO3Y-. The molecule has 1 amide bonds. The fourth-order valence-corrected chi connectivity index (χ4v) is 1.76. The van der Waals surface area contributed by atoms with Crippen molar-refractivity contribution in [3.8, 4) is 0 Å². The number of carbonyl (C=O) groups is 2. The number of carboxylic acid groups (broad SMARTS) is 1. The van der Waals surface area contributed by atoms with Crippen molar-refractivity contribution in [2.75, 3.05) is 0 Å². The van der Waals surface area contributed by atoms with Crippen molar-refractivity contribution in [2.45, 2.75) is 70.8 Å². The van der Waals surface area contributed by atoms with Crippen LogP contribution in [0, 0.1) is 6.92 Å². The third-order valence-corrected chi connectivity index (χ3v) is 2.88. The summed E-state index contributed by atoms with van der Waals surface area (Å²) >= 11 is 0. The molecule has 5 heteroatoms. The quantitative estimate of drug-likeness (QED) is 0.447. The van der Waals surface area contributed by atoms with Gasteiger partial charge in [0.05, 0.1) is 0 Å². The van der Waals surface area contributed by atoms with E-state index in [1.807, 2.05) is 0 Å². The Morgan fingerprint density at radius 2 is 1.79 bits per heavy atom. The van der Waals surface area contributed by atoms with Gasteiger partial charge in [0.15, 0.2) is 0 Å². The van der Waals surface area contributed by atoms with Crippen LogP contribution < -0.4 is 5.32 Å². The summed E-state index contributed by atoms with van der Waals surface area (Å²) in [6.45, 7) is 5.81. The maximum atomic E-state index is 11.6. The van der Waals surface area contributed by atoms with E-state index in [9.17, 15) is 9.59 Å². The summed E-state index contributed by atoms with van der Waals surface area (Å²) in [5.74, 6) is -1.11. The van der Waals surface area contributed by atoms with Gasteiger partial charge in [-0.1, -0.05) is 39.0 Å². The maximum absolute atomic E-state index is 11.6. The zero-order valence-corrected chi connectivity index (χ0v) is 14.8. The van der Waals surface area contributed by atoms with E-state index in [1.165, 1.54) is 12.8 Å². The SMILES string of the molecule is [CH2-]CCCC(NC(=O)CCCCCCC)C(=O)O.[Y]. The van der Waals surface area contributed by atoms with E-state index in [1.54, 1.807) is 0 Å². The first-order chi connectivity index (χ1) is 8.61. The molecule has 109 valence electrons. The molecule has 0 heterocycles. The minimum Gasteiger partial charge on any atom is -0.480 e. The van der Waals surface area contributed by atoms with Crippen molar-refractivity contribution in [3.63, 3.8) is 0 Å². The van der Waals surface area contributed by atoms with Crippen LogP contribution in [0.4, 0.5) is 0 Å². The number of carboxylic acids is 1. The van der Waals surface area contributed by atoms with Crippen LogP contribution in [0.25, 0.3) is 0 Å². The third-order valence-electron chi connectivity index (χ3n) is 2.88. The Bertz CT molecular complexity index is 247. The van der Waals surface area contributed by atoms with Gasteiger partial charge in [0, 0.05) is 39.1 Å². The number of hydrogen-bond donors (Lipinski definition) is 2. The Morgan fingerprint density at radius 1 is 1.16 bits per heavy atom. The van der Waals surface area contributed by atoms with Gasteiger partial charge in [0.1, 0.15) is 6.04 Å². The number of rotatable bonds is 11. The Labute approximate surface area is 142 Å². The van der Waals surface area contributed by atoms with Crippen LogP contribution in [-0.4, -0.2) is 23.0 Å². The van der Waals surface area contributed by atoms with Crippen LogP contribution in [0.15, 0.2) is 0 Å². The molecule has 0 rings (SSSR count). The molecule has 0 aliphatic carbocycles. The van der Waals surface area contributed by atoms with E-state index in [0.29, 0.717) is 25.7 Å². The molecule has 4 nitrogen and oxygen atoms in total. The molecule has 19 heavy (non-hydrogen) atoms. The first kappa shape index (κ1) is 21.3. The molecule has 1 radical (unpaired) electrons. The fourth-order valence-electron chi connectivity index (χ4n) is 1.76. The van der Waals surface area contributed by atoms with E-state index in [0.717, 1.165) is 19.3 Å². The van der Waals surface area contributed by atoms with Crippen molar-refractivity contribution in [1.29, 1.82) is 0 Å². The number of nitrogens with one attached hydrogen (secondary N) is 1. The minimum absolute atomic E-state index is 0. The van der Waals surface area contributed by atoms with Crippen molar-refractivity contribution < 1.29 is 47.4 Å². The van der Waals surface area contributed by atoms with Crippen LogP contribution >= 0.6 is 0 Å². The molecule has 0 aromatic rings. The zero-order chi connectivity index (χ0) is 13.8. The molecule has 0 fully saturated rings. The standard InChI is InChI=1S/C14H26NO3.Y/c1-3-5-7-8-9-11-13(16)15-12(14(17)18)10-6-4-2;/h12H,2-11H2,1H3,(H,15,16)(H,17,18);/q-1;. The predicted octanol–water partition coefficient (Wildman–Crippen LogP) is 2.92. The normalized spacial score (nSPS) is 11.5. The molecule has 0 aliphatic rings. The molecule has 0 bridgehead atoms. The van der Waals surface area contributed by atoms with Gasteiger partial charge in [-0.3, -0.25) is 4.79 Å². The van der Waals surface area contributed by atoms with Gasteiger partial charge in [-0.25, -0.2) is 4.79 Å². The van der Waals surface area contributed by atoms with Gasteiger partial charge >= 0.3 is 5.97 Å². The molecular weight excluding hydrogens is 319 g/mol. The van der Waals surface area contributed by atoms with Crippen molar-refractivity contribution in [3.05, 3.63) is 6.92 Å². The average molecular weight is 345 g/mol. The Morgan fingerprint density at radius 3 is 2.32 bits per heavy atom. The van der Waals surface area contributed by atoms with Crippen LogP contribution in [0.1, 0.15) is 64.7 Å². The van der Waals surface area contributed by atoms with Gasteiger partial charge in [0.25, 0.3) is 0 Å². The molecule has 0 spiro atoms. The second-order valence-electron chi connectivity index (χ2n) is 4.62. The fraction of sp³-hybridized carbons (Fsp3) is 0.786. The largest absolute Gasteiger partial charge is 0.480 e. The molecule has 2 N–H and O–H groups in total. The minimum atomic E-state index is -0.956. The Kier molecular flexibility index (Phi) is 16.2. The molecule has 0 aromatic heterocycles. The third kappa shape index (κ3) is 12.8. The van der Waals surface area contributed by atoms with Crippen LogP contribution in [0.2, 0.25) is 0 Å². The van der Waals surface area contributed by atoms with Gasteiger partial charge in [0.2, 0.25) is 5.91 Å². The molecule has 1 unspecified atom stereocenters. The van der Waals surface area contributed by atoms with Gasteiger partial charge in [-0.15, -0.1) is 0 Å². The summed E-state index contributed by atoms with van der Waals surface area (Å²) in [4.78, 5) is 22.5. The average Bonchev–Trinajstić information content (AvgIpc) is 2.33. The Balaban J connectivity index is 0. The smallest absolute Gasteiger partial charge is 0.326 e. The summed E-state index contributed by atoms with van der Waals surface area (Å²) in [6.07, 6.45) is 7.70.